The van der Waals surface area contributed by atoms with Crippen LogP contribution < -0.4 is 15.5 Å². The van der Waals surface area contributed by atoms with Gasteiger partial charge in [-0.2, -0.15) is 0 Å². The van der Waals surface area contributed by atoms with E-state index < -0.39 is 35.1 Å². The Morgan fingerprint density at radius 1 is 1.06 bits per heavy atom. The van der Waals surface area contributed by atoms with Crippen LogP contribution in [0.15, 0.2) is 36.5 Å². The first-order chi connectivity index (χ1) is 15.8. The lowest BCUT2D eigenvalue weighted by Crippen LogP contribution is -2.49. The second-order valence-corrected chi connectivity index (χ2v) is 8.46. The molecule has 9 heteroatoms. The summed E-state index contributed by atoms with van der Waals surface area (Å²) in [5.41, 5.74) is 0.115. The molecule has 0 spiro atoms. The van der Waals surface area contributed by atoms with Crippen molar-refractivity contribution in [1.29, 1.82) is 0 Å². The minimum Gasteiger partial charge on any atom is -0.354 e. The van der Waals surface area contributed by atoms with E-state index in [0.29, 0.717) is 0 Å². The number of piperazine rings is 1. The standard InChI is InChI=1S/C24H31F2N5O2/c1-4-30-10-12-31(13-11-30)20-9-8-17(14-27-20)15-28-24(33)22(16(2)3)29-23(32)21-18(25)6-5-7-19(21)26/h5-9,14,16,22H,4,10-13,15H2,1-3H3,(H,28,33)(H,29,32)/t22-/m0/s1. The fraction of sp³-hybridized carbons (Fsp3) is 0.458. The van der Waals surface area contributed by atoms with E-state index in [2.05, 4.69) is 32.3 Å². The van der Waals surface area contributed by atoms with E-state index in [1.54, 1.807) is 20.0 Å². The molecule has 0 aliphatic carbocycles. The van der Waals surface area contributed by atoms with E-state index in [-0.39, 0.29) is 12.5 Å². The molecule has 1 aromatic carbocycles. The predicted molar refractivity (Wildman–Crippen MR) is 123 cm³/mol. The van der Waals surface area contributed by atoms with Crippen molar-refractivity contribution in [2.45, 2.75) is 33.4 Å². The number of nitrogens with zero attached hydrogens (tertiary/aromatic N) is 3. The number of carbonyl (C=O) groups excluding carboxylic acids is 2. The maximum Gasteiger partial charge on any atom is 0.257 e. The quantitative estimate of drug-likeness (QED) is 0.635. The monoisotopic (exact) mass is 459 g/mol. The number of halogens is 2. The number of nitrogens with one attached hydrogen (secondary N) is 2. The van der Waals surface area contributed by atoms with Crippen LogP contribution in [0.2, 0.25) is 0 Å². The number of benzene rings is 1. The number of rotatable bonds is 8. The van der Waals surface area contributed by atoms with Crippen molar-refractivity contribution in [3.63, 3.8) is 0 Å². The topological polar surface area (TPSA) is 77.6 Å². The summed E-state index contributed by atoms with van der Waals surface area (Å²) in [5, 5.41) is 5.23. The fourth-order valence-electron chi connectivity index (χ4n) is 3.76. The molecule has 1 fully saturated rings. The van der Waals surface area contributed by atoms with E-state index in [9.17, 15) is 18.4 Å². The lowest BCUT2D eigenvalue weighted by Gasteiger charge is -2.34. The molecule has 2 amide bonds. The Bertz CT molecular complexity index is 940. The molecule has 2 heterocycles. The van der Waals surface area contributed by atoms with Crippen LogP contribution in [-0.4, -0.2) is 60.5 Å². The molecule has 33 heavy (non-hydrogen) atoms. The van der Waals surface area contributed by atoms with E-state index in [1.807, 2.05) is 12.1 Å². The minimum absolute atomic E-state index is 0.225. The third-order valence-electron chi connectivity index (χ3n) is 5.84. The van der Waals surface area contributed by atoms with Crippen molar-refractivity contribution in [2.24, 2.45) is 5.92 Å². The van der Waals surface area contributed by atoms with Gasteiger partial charge in [0.15, 0.2) is 0 Å². The summed E-state index contributed by atoms with van der Waals surface area (Å²) in [5.74, 6) is -2.73. The highest BCUT2D eigenvalue weighted by molar-refractivity contribution is 5.98. The van der Waals surface area contributed by atoms with Gasteiger partial charge in [-0.15, -0.1) is 0 Å². The molecule has 1 saturated heterocycles. The molecule has 2 N–H and O–H groups in total. The normalized spacial score (nSPS) is 15.4. The Morgan fingerprint density at radius 3 is 2.27 bits per heavy atom. The molecule has 7 nitrogen and oxygen atoms in total. The van der Waals surface area contributed by atoms with E-state index >= 15 is 0 Å². The van der Waals surface area contributed by atoms with Crippen molar-refractivity contribution < 1.29 is 18.4 Å². The molecular weight excluding hydrogens is 428 g/mol. The summed E-state index contributed by atoms with van der Waals surface area (Å²) in [6.45, 7) is 10.8. The molecule has 0 saturated carbocycles. The Labute approximate surface area is 193 Å². The van der Waals surface area contributed by atoms with E-state index in [4.69, 9.17) is 0 Å². The van der Waals surface area contributed by atoms with Crippen LogP contribution in [0.3, 0.4) is 0 Å². The summed E-state index contributed by atoms with van der Waals surface area (Å²) in [4.78, 5) is 34.3. The van der Waals surface area contributed by atoms with Crippen LogP contribution >= 0.6 is 0 Å². The highest BCUT2D eigenvalue weighted by Gasteiger charge is 2.27. The SMILES string of the molecule is CCN1CCN(c2ccc(CNC(=O)[C@@H](NC(=O)c3c(F)cccc3F)C(C)C)cn2)CC1. The Kier molecular flexibility index (Phi) is 8.32. The van der Waals surface area contributed by atoms with Gasteiger partial charge in [0.25, 0.3) is 5.91 Å². The molecule has 1 atom stereocenters. The van der Waals surface area contributed by atoms with Crippen LogP contribution in [0.5, 0.6) is 0 Å². The lowest BCUT2D eigenvalue weighted by atomic mass is 10.0. The highest BCUT2D eigenvalue weighted by atomic mass is 19.1. The minimum atomic E-state index is -0.974. The molecule has 1 aromatic heterocycles. The zero-order valence-electron chi connectivity index (χ0n) is 19.3. The van der Waals surface area contributed by atoms with E-state index in [1.165, 1.54) is 6.07 Å². The fourth-order valence-corrected chi connectivity index (χ4v) is 3.76. The number of hydrogen-bond acceptors (Lipinski definition) is 5. The summed E-state index contributed by atoms with van der Waals surface area (Å²) < 4.78 is 27.8. The molecule has 0 radical (unpaired) electrons. The molecule has 2 aromatic rings. The first-order valence-corrected chi connectivity index (χ1v) is 11.2. The number of likely N-dealkylation sites (N-methyl/N-ethyl adjacent to an activating group) is 1. The summed E-state index contributed by atoms with van der Waals surface area (Å²) in [6.07, 6.45) is 1.72. The van der Waals surface area contributed by atoms with Crippen LogP contribution in [0, 0.1) is 17.6 Å². The molecule has 178 valence electrons. The van der Waals surface area contributed by atoms with Crippen molar-refractivity contribution in [3.05, 3.63) is 59.3 Å². The van der Waals surface area contributed by atoms with Crippen molar-refractivity contribution >= 4 is 17.6 Å². The average molecular weight is 460 g/mol. The average Bonchev–Trinajstić information content (AvgIpc) is 2.81. The van der Waals surface area contributed by atoms with Gasteiger partial charge in [-0.25, -0.2) is 13.8 Å². The third-order valence-corrected chi connectivity index (χ3v) is 5.84. The van der Waals surface area contributed by atoms with Crippen molar-refractivity contribution in [3.8, 4) is 0 Å². The van der Waals surface area contributed by atoms with Gasteiger partial charge in [0.2, 0.25) is 5.91 Å². The Morgan fingerprint density at radius 2 is 1.73 bits per heavy atom. The number of amides is 2. The zero-order valence-corrected chi connectivity index (χ0v) is 19.3. The lowest BCUT2D eigenvalue weighted by molar-refractivity contribution is -0.124. The number of anilines is 1. The number of carbonyl (C=O) groups is 2. The van der Waals surface area contributed by atoms with Crippen LogP contribution in [0.1, 0.15) is 36.7 Å². The summed E-state index contributed by atoms with van der Waals surface area (Å²) >= 11 is 0. The van der Waals surface area contributed by atoms with Gasteiger partial charge < -0.3 is 20.4 Å². The number of hydrogen-bond donors (Lipinski definition) is 2. The molecule has 1 aliphatic rings. The number of aromatic nitrogens is 1. The highest BCUT2D eigenvalue weighted by Crippen LogP contribution is 2.15. The molecule has 1 aliphatic heterocycles. The second-order valence-electron chi connectivity index (χ2n) is 8.46. The molecule has 0 bridgehead atoms. The van der Waals surface area contributed by atoms with Crippen molar-refractivity contribution in [1.82, 2.24) is 20.5 Å². The van der Waals surface area contributed by atoms with Crippen LogP contribution in [0.25, 0.3) is 0 Å². The van der Waals surface area contributed by atoms with Gasteiger partial charge in [-0.1, -0.05) is 32.9 Å². The Hall–Kier alpha value is -3.07. The van der Waals surface area contributed by atoms with Crippen molar-refractivity contribution in [2.75, 3.05) is 37.6 Å². The molecule has 0 unspecified atom stereocenters. The predicted octanol–water partition coefficient (Wildman–Crippen LogP) is 2.57. The van der Waals surface area contributed by atoms with Crippen LogP contribution in [-0.2, 0) is 11.3 Å². The Balaban J connectivity index is 1.57. The molecule has 3 rings (SSSR count). The smallest absolute Gasteiger partial charge is 0.257 e. The summed E-state index contributed by atoms with van der Waals surface area (Å²) in [6, 6.07) is 6.08. The first-order valence-electron chi connectivity index (χ1n) is 11.2. The van der Waals surface area contributed by atoms with E-state index in [0.717, 1.165) is 56.2 Å². The summed E-state index contributed by atoms with van der Waals surface area (Å²) in [7, 11) is 0. The maximum absolute atomic E-state index is 13.9. The van der Waals surface area contributed by atoms with Gasteiger partial charge in [-0.05, 0) is 36.2 Å². The van der Waals surface area contributed by atoms with Gasteiger partial charge in [-0.3, -0.25) is 9.59 Å². The zero-order chi connectivity index (χ0) is 24.0. The van der Waals surface area contributed by atoms with Gasteiger partial charge in [0.05, 0.1) is 0 Å². The third kappa shape index (κ3) is 6.25. The number of pyridine rings is 1. The van der Waals surface area contributed by atoms with Gasteiger partial charge in [0, 0.05) is 38.9 Å². The largest absolute Gasteiger partial charge is 0.354 e. The van der Waals surface area contributed by atoms with Gasteiger partial charge >= 0.3 is 0 Å². The van der Waals surface area contributed by atoms with Crippen LogP contribution in [0.4, 0.5) is 14.6 Å². The first kappa shape index (κ1) is 24.6. The van der Waals surface area contributed by atoms with Gasteiger partial charge in [0.1, 0.15) is 29.1 Å². The maximum atomic E-state index is 13.9. The second kappa shape index (κ2) is 11.2. The molecular formula is C24H31F2N5O2.